The Balaban J connectivity index is 1.99. The molecular weight excluding hydrogens is 206 g/mol. The van der Waals surface area contributed by atoms with Gasteiger partial charge in [-0.1, -0.05) is 11.2 Å². The van der Waals surface area contributed by atoms with Crippen LogP contribution in [0.15, 0.2) is 39.5 Å². The summed E-state index contributed by atoms with van der Waals surface area (Å²) in [5.74, 6) is 0.572. The van der Waals surface area contributed by atoms with Gasteiger partial charge in [-0.25, -0.2) is 0 Å². The van der Waals surface area contributed by atoms with Crippen molar-refractivity contribution in [1.29, 1.82) is 0 Å². The highest BCUT2D eigenvalue weighted by Gasteiger charge is 2.06. The molecule has 2 aromatic heterocycles. The van der Waals surface area contributed by atoms with Crippen LogP contribution in [0.3, 0.4) is 0 Å². The minimum absolute atomic E-state index is 0.412. The van der Waals surface area contributed by atoms with E-state index in [0.717, 1.165) is 16.7 Å². The highest BCUT2D eigenvalue weighted by molar-refractivity contribution is 5.75. The van der Waals surface area contributed by atoms with Crippen molar-refractivity contribution in [2.24, 2.45) is 0 Å². The number of aromatic nitrogens is 2. The summed E-state index contributed by atoms with van der Waals surface area (Å²) in [4.78, 5) is 4.29. The second kappa shape index (κ2) is 3.37. The summed E-state index contributed by atoms with van der Waals surface area (Å²) in [5.41, 5.74) is 2.72. The Morgan fingerprint density at radius 1 is 1.25 bits per heavy atom. The lowest BCUT2D eigenvalue weighted by atomic mass is 10.2. The second-order valence-electron chi connectivity index (χ2n) is 3.50. The first-order chi connectivity index (χ1) is 7.81. The van der Waals surface area contributed by atoms with E-state index < -0.39 is 0 Å². The number of benzene rings is 1. The molecule has 0 saturated heterocycles. The van der Waals surface area contributed by atoms with Gasteiger partial charge in [0.25, 0.3) is 0 Å². The summed E-state index contributed by atoms with van der Waals surface area (Å²) in [6, 6.07) is 7.95. The molecule has 3 rings (SSSR count). The smallest absolute Gasteiger partial charge is 0.301 e. The number of nitrogens with zero attached hydrogens (tertiary/aromatic N) is 2. The Kier molecular flexibility index (Phi) is 1.89. The minimum Gasteiger partial charge on any atom is -0.423 e. The molecule has 0 amide bonds. The van der Waals surface area contributed by atoms with Gasteiger partial charge in [0.15, 0.2) is 11.4 Å². The van der Waals surface area contributed by atoms with Crippen LogP contribution in [0.25, 0.3) is 11.1 Å². The molecule has 0 bridgehead atoms. The van der Waals surface area contributed by atoms with Crippen molar-refractivity contribution < 1.29 is 8.94 Å². The summed E-state index contributed by atoms with van der Waals surface area (Å²) < 4.78 is 10.2. The van der Waals surface area contributed by atoms with Crippen molar-refractivity contribution in [3.63, 3.8) is 0 Å². The maximum absolute atomic E-state index is 5.49. The average molecular weight is 215 g/mol. The molecule has 3 aromatic rings. The molecule has 0 fully saturated rings. The van der Waals surface area contributed by atoms with E-state index in [2.05, 4.69) is 15.5 Å². The van der Waals surface area contributed by atoms with Gasteiger partial charge in [0.05, 0.1) is 0 Å². The van der Waals surface area contributed by atoms with Gasteiger partial charge in [0, 0.05) is 6.07 Å². The van der Waals surface area contributed by atoms with Gasteiger partial charge in [0.1, 0.15) is 11.8 Å². The molecule has 0 aliphatic heterocycles. The zero-order valence-corrected chi connectivity index (χ0v) is 8.60. The topological polar surface area (TPSA) is 64.1 Å². The van der Waals surface area contributed by atoms with E-state index in [1.54, 1.807) is 6.07 Å². The summed E-state index contributed by atoms with van der Waals surface area (Å²) in [5, 5.41) is 6.62. The molecule has 0 aliphatic carbocycles. The fourth-order valence-electron chi connectivity index (χ4n) is 1.48. The van der Waals surface area contributed by atoms with Crippen LogP contribution in [0.2, 0.25) is 0 Å². The number of oxazole rings is 1. The molecule has 80 valence electrons. The van der Waals surface area contributed by atoms with Gasteiger partial charge in [-0.15, -0.1) is 0 Å². The van der Waals surface area contributed by atoms with Crippen LogP contribution < -0.4 is 5.32 Å². The summed E-state index contributed by atoms with van der Waals surface area (Å²) in [6.07, 6.45) is 1.48. The largest absolute Gasteiger partial charge is 0.423 e. The van der Waals surface area contributed by atoms with Crippen LogP contribution in [0.4, 0.5) is 11.8 Å². The van der Waals surface area contributed by atoms with Crippen molar-refractivity contribution in [3.8, 4) is 0 Å². The third-order valence-corrected chi connectivity index (χ3v) is 2.22. The molecule has 1 N–H and O–H groups in total. The highest BCUT2D eigenvalue weighted by Crippen LogP contribution is 2.21. The first-order valence-corrected chi connectivity index (χ1v) is 4.86. The van der Waals surface area contributed by atoms with Crippen LogP contribution in [0.5, 0.6) is 0 Å². The third kappa shape index (κ3) is 1.52. The van der Waals surface area contributed by atoms with Crippen molar-refractivity contribution in [1.82, 2.24) is 10.1 Å². The van der Waals surface area contributed by atoms with Gasteiger partial charge in [-0.05, 0) is 24.6 Å². The van der Waals surface area contributed by atoms with E-state index in [9.17, 15) is 0 Å². The molecule has 2 heterocycles. The maximum Gasteiger partial charge on any atom is 0.301 e. The average Bonchev–Trinajstić information content (AvgIpc) is 2.86. The second-order valence-corrected chi connectivity index (χ2v) is 3.50. The van der Waals surface area contributed by atoms with Crippen LogP contribution in [-0.4, -0.2) is 10.1 Å². The molecule has 1 aromatic carbocycles. The molecular formula is C11H9N3O2. The molecule has 5 heteroatoms. The Morgan fingerprint density at radius 2 is 2.19 bits per heavy atom. The minimum atomic E-state index is 0.412. The van der Waals surface area contributed by atoms with Crippen LogP contribution in [0, 0.1) is 6.92 Å². The van der Waals surface area contributed by atoms with E-state index in [-0.39, 0.29) is 0 Å². The fourth-order valence-corrected chi connectivity index (χ4v) is 1.48. The first kappa shape index (κ1) is 8.96. The van der Waals surface area contributed by atoms with E-state index in [1.165, 1.54) is 6.26 Å². The number of hydrogen-bond acceptors (Lipinski definition) is 5. The molecule has 0 atom stereocenters. The Bertz CT molecular complexity index is 613. The SMILES string of the molecule is Cc1ccc2oc(Nc3ccon3)nc2c1. The Hall–Kier alpha value is -2.30. The quantitative estimate of drug-likeness (QED) is 0.712. The van der Waals surface area contributed by atoms with Gasteiger partial charge in [-0.2, -0.15) is 4.98 Å². The van der Waals surface area contributed by atoms with Gasteiger partial charge >= 0.3 is 6.01 Å². The van der Waals surface area contributed by atoms with E-state index in [0.29, 0.717) is 11.8 Å². The molecule has 0 unspecified atom stereocenters. The zero-order valence-electron chi connectivity index (χ0n) is 8.60. The van der Waals surface area contributed by atoms with Crippen LogP contribution >= 0.6 is 0 Å². The summed E-state index contributed by atoms with van der Waals surface area (Å²) in [6.45, 7) is 2.01. The third-order valence-electron chi connectivity index (χ3n) is 2.22. The maximum atomic E-state index is 5.49. The van der Waals surface area contributed by atoms with E-state index >= 15 is 0 Å². The predicted octanol–water partition coefficient (Wildman–Crippen LogP) is 2.87. The lowest BCUT2D eigenvalue weighted by molar-refractivity contribution is 0.422. The van der Waals surface area contributed by atoms with Crippen molar-refractivity contribution >= 4 is 22.9 Å². The number of hydrogen-bond donors (Lipinski definition) is 1. The fraction of sp³-hybridized carbons (Fsp3) is 0.0909. The van der Waals surface area contributed by atoms with E-state index in [4.69, 9.17) is 8.94 Å². The Labute approximate surface area is 91.1 Å². The number of rotatable bonds is 2. The first-order valence-electron chi connectivity index (χ1n) is 4.86. The zero-order chi connectivity index (χ0) is 11.0. The van der Waals surface area contributed by atoms with Gasteiger partial charge in [0.2, 0.25) is 0 Å². The molecule has 0 radical (unpaired) electrons. The molecule has 0 aliphatic rings. The normalized spacial score (nSPS) is 10.8. The molecule has 16 heavy (non-hydrogen) atoms. The summed E-state index contributed by atoms with van der Waals surface area (Å²) in [7, 11) is 0. The van der Waals surface area contributed by atoms with Gasteiger partial charge in [-0.3, -0.25) is 5.32 Å². The lowest BCUT2D eigenvalue weighted by Gasteiger charge is -1.91. The molecule has 0 saturated carbocycles. The molecule has 5 nitrogen and oxygen atoms in total. The molecule has 0 spiro atoms. The standard InChI is InChI=1S/C11H9N3O2/c1-7-2-3-9-8(6-7)12-11(16-9)13-10-4-5-15-14-10/h2-6H,1H3,(H,12,13,14). The Morgan fingerprint density at radius 3 is 3.00 bits per heavy atom. The predicted molar refractivity (Wildman–Crippen MR) is 58.5 cm³/mol. The van der Waals surface area contributed by atoms with Crippen LogP contribution in [-0.2, 0) is 0 Å². The monoisotopic (exact) mass is 215 g/mol. The number of nitrogens with one attached hydrogen (secondary N) is 1. The van der Waals surface area contributed by atoms with Crippen molar-refractivity contribution in [3.05, 3.63) is 36.1 Å². The van der Waals surface area contributed by atoms with Gasteiger partial charge < -0.3 is 8.94 Å². The van der Waals surface area contributed by atoms with Crippen LogP contribution in [0.1, 0.15) is 5.56 Å². The summed E-state index contributed by atoms with van der Waals surface area (Å²) >= 11 is 0. The number of anilines is 2. The lowest BCUT2D eigenvalue weighted by Crippen LogP contribution is -1.88. The van der Waals surface area contributed by atoms with Crippen molar-refractivity contribution in [2.75, 3.05) is 5.32 Å². The number of aryl methyl sites for hydroxylation is 1. The number of fused-ring (bicyclic) bond motifs is 1. The highest BCUT2D eigenvalue weighted by atomic mass is 16.5. The van der Waals surface area contributed by atoms with Crippen molar-refractivity contribution in [2.45, 2.75) is 6.92 Å². The van der Waals surface area contributed by atoms with E-state index in [1.807, 2.05) is 25.1 Å².